The van der Waals surface area contributed by atoms with Crippen molar-refractivity contribution in [2.45, 2.75) is 26.4 Å². The average molecular weight is 359 g/mol. The van der Waals surface area contributed by atoms with E-state index in [4.69, 9.17) is 4.74 Å². The molecule has 0 bridgehead atoms. The first-order valence-electron chi connectivity index (χ1n) is 8.34. The second-order valence-electron chi connectivity index (χ2n) is 6.16. The Morgan fingerprint density at radius 2 is 1.92 bits per heavy atom. The lowest BCUT2D eigenvalue weighted by Gasteiger charge is -2.18. The van der Waals surface area contributed by atoms with Gasteiger partial charge in [0.2, 0.25) is 0 Å². The largest absolute Gasteiger partial charge is 0.481 e. The number of aryl methyl sites for hydroxylation is 1. The summed E-state index contributed by atoms with van der Waals surface area (Å²) in [5, 5.41) is 12.0. The number of carbonyl (C=O) groups excluding carboxylic acids is 1. The van der Waals surface area contributed by atoms with Crippen molar-refractivity contribution >= 4 is 11.9 Å². The van der Waals surface area contributed by atoms with E-state index in [1.807, 2.05) is 31.2 Å². The van der Waals surface area contributed by atoms with E-state index in [0.717, 1.165) is 11.1 Å². The summed E-state index contributed by atoms with van der Waals surface area (Å²) in [4.78, 5) is 23.6. The fraction of sp³-hybridized carbons (Fsp3) is 0.300. The lowest BCUT2D eigenvalue weighted by molar-refractivity contribution is -0.141. The maximum absolute atomic E-state index is 13.6. The van der Waals surface area contributed by atoms with Gasteiger partial charge in [-0.1, -0.05) is 42.0 Å². The minimum Gasteiger partial charge on any atom is -0.481 e. The molecular formula is C20H22FNO4. The molecule has 0 aliphatic rings. The molecule has 26 heavy (non-hydrogen) atoms. The first-order chi connectivity index (χ1) is 12.4. The van der Waals surface area contributed by atoms with E-state index in [9.17, 15) is 19.1 Å². The second kappa shape index (κ2) is 8.99. The molecule has 6 heteroatoms. The van der Waals surface area contributed by atoms with Crippen LogP contribution < -0.4 is 10.1 Å². The van der Waals surface area contributed by atoms with E-state index in [1.54, 1.807) is 6.07 Å². The van der Waals surface area contributed by atoms with Crippen LogP contribution in [0.1, 0.15) is 18.1 Å². The van der Waals surface area contributed by atoms with Gasteiger partial charge in [0.15, 0.2) is 17.7 Å². The molecule has 2 aromatic rings. The average Bonchev–Trinajstić information content (AvgIpc) is 2.60. The fourth-order valence-corrected chi connectivity index (χ4v) is 2.52. The minimum atomic E-state index is -0.991. The quantitative estimate of drug-likeness (QED) is 0.760. The number of hydrogen-bond donors (Lipinski definition) is 2. The molecule has 0 fully saturated rings. The molecule has 2 unspecified atom stereocenters. The van der Waals surface area contributed by atoms with Crippen LogP contribution in [0.15, 0.2) is 48.5 Å². The second-order valence-corrected chi connectivity index (χ2v) is 6.16. The molecule has 0 aliphatic carbocycles. The molecule has 0 saturated heterocycles. The van der Waals surface area contributed by atoms with Crippen molar-refractivity contribution in [3.05, 3.63) is 65.5 Å². The van der Waals surface area contributed by atoms with Crippen molar-refractivity contribution in [3.8, 4) is 5.75 Å². The molecular weight excluding hydrogens is 337 g/mol. The first kappa shape index (κ1) is 19.4. The van der Waals surface area contributed by atoms with Crippen molar-refractivity contribution in [2.75, 3.05) is 6.54 Å². The van der Waals surface area contributed by atoms with Gasteiger partial charge in [0.1, 0.15) is 0 Å². The van der Waals surface area contributed by atoms with Crippen LogP contribution in [0.5, 0.6) is 5.75 Å². The molecule has 138 valence electrons. The highest BCUT2D eigenvalue weighted by Crippen LogP contribution is 2.17. The number of aliphatic carboxylic acids is 1. The molecule has 2 N–H and O–H groups in total. The minimum absolute atomic E-state index is 0.0234. The molecule has 5 nitrogen and oxygen atoms in total. The van der Waals surface area contributed by atoms with Gasteiger partial charge in [-0.25, -0.2) is 4.39 Å². The van der Waals surface area contributed by atoms with E-state index in [0.29, 0.717) is 6.42 Å². The maximum atomic E-state index is 13.6. The normalized spacial score (nSPS) is 12.9. The van der Waals surface area contributed by atoms with E-state index in [2.05, 4.69) is 5.32 Å². The van der Waals surface area contributed by atoms with Gasteiger partial charge in [-0.3, -0.25) is 9.59 Å². The van der Waals surface area contributed by atoms with Gasteiger partial charge in [-0.2, -0.15) is 0 Å². The topological polar surface area (TPSA) is 75.6 Å². The summed E-state index contributed by atoms with van der Waals surface area (Å²) >= 11 is 0. The first-order valence-corrected chi connectivity index (χ1v) is 8.34. The summed E-state index contributed by atoms with van der Waals surface area (Å²) in [6.45, 7) is 3.38. The van der Waals surface area contributed by atoms with E-state index in [-0.39, 0.29) is 12.3 Å². The van der Waals surface area contributed by atoms with E-state index in [1.165, 1.54) is 25.1 Å². The summed E-state index contributed by atoms with van der Waals surface area (Å²) in [5.41, 5.74) is 1.94. The zero-order valence-electron chi connectivity index (χ0n) is 14.7. The Balaban J connectivity index is 1.92. The molecule has 0 aliphatic heterocycles. The smallest absolute Gasteiger partial charge is 0.308 e. The Bertz CT molecular complexity index is 778. The van der Waals surface area contributed by atoms with Gasteiger partial charge >= 0.3 is 5.97 Å². The van der Waals surface area contributed by atoms with Crippen LogP contribution in [-0.4, -0.2) is 29.6 Å². The Labute approximate surface area is 151 Å². The lowest BCUT2D eigenvalue weighted by atomic mass is 9.98. The zero-order chi connectivity index (χ0) is 19.1. The number of halogens is 1. The number of hydrogen-bond acceptors (Lipinski definition) is 3. The molecule has 2 rings (SSSR count). The van der Waals surface area contributed by atoms with Crippen molar-refractivity contribution in [1.29, 1.82) is 0 Å². The van der Waals surface area contributed by atoms with Gasteiger partial charge in [0.25, 0.3) is 5.91 Å². The number of carboxylic acid groups (broad SMARTS) is 1. The number of benzene rings is 2. The number of ether oxygens (including phenoxy) is 1. The van der Waals surface area contributed by atoms with Crippen LogP contribution >= 0.6 is 0 Å². The summed E-state index contributed by atoms with van der Waals surface area (Å²) in [6, 6.07) is 13.4. The van der Waals surface area contributed by atoms with Gasteiger partial charge in [0.05, 0.1) is 5.92 Å². The highest BCUT2D eigenvalue weighted by Gasteiger charge is 2.22. The summed E-state index contributed by atoms with van der Waals surface area (Å²) in [6.07, 6.45) is -0.639. The van der Waals surface area contributed by atoms with Crippen LogP contribution in [0.3, 0.4) is 0 Å². The van der Waals surface area contributed by atoms with Crippen molar-refractivity contribution in [1.82, 2.24) is 5.32 Å². The van der Waals surface area contributed by atoms with Crippen molar-refractivity contribution in [3.63, 3.8) is 0 Å². The number of nitrogens with one attached hydrogen (secondary N) is 1. The molecule has 0 heterocycles. The van der Waals surface area contributed by atoms with Crippen LogP contribution in [0.2, 0.25) is 0 Å². The number of carboxylic acids is 1. The van der Waals surface area contributed by atoms with Crippen LogP contribution in [-0.2, 0) is 16.0 Å². The summed E-state index contributed by atoms with van der Waals surface area (Å²) in [5.74, 6) is -2.83. The molecule has 0 saturated carbocycles. The molecule has 0 spiro atoms. The van der Waals surface area contributed by atoms with Gasteiger partial charge in [-0.05, 0) is 38.0 Å². The summed E-state index contributed by atoms with van der Waals surface area (Å²) < 4.78 is 18.9. The Morgan fingerprint density at radius 3 is 2.58 bits per heavy atom. The Kier molecular flexibility index (Phi) is 6.72. The van der Waals surface area contributed by atoms with Crippen LogP contribution in [0.25, 0.3) is 0 Å². The highest BCUT2D eigenvalue weighted by atomic mass is 19.1. The lowest BCUT2D eigenvalue weighted by Crippen LogP contribution is -2.41. The predicted molar refractivity (Wildman–Crippen MR) is 95.5 cm³/mol. The third-order valence-corrected chi connectivity index (χ3v) is 3.95. The van der Waals surface area contributed by atoms with E-state index < -0.39 is 29.7 Å². The monoisotopic (exact) mass is 359 g/mol. The Morgan fingerprint density at radius 1 is 1.19 bits per heavy atom. The molecule has 2 atom stereocenters. The number of carbonyl (C=O) groups is 2. The van der Waals surface area contributed by atoms with Gasteiger partial charge < -0.3 is 15.2 Å². The van der Waals surface area contributed by atoms with Crippen LogP contribution in [0, 0.1) is 18.7 Å². The van der Waals surface area contributed by atoms with Gasteiger partial charge in [0, 0.05) is 6.54 Å². The third-order valence-electron chi connectivity index (χ3n) is 3.95. The van der Waals surface area contributed by atoms with Crippen molar-refractivity contribution < 1.29 is 23.8 Å². The highest BCUT2D eigenvalue weighted by molar-refractivity contribution is 5.81. The fourth-order valence-electron chi connectivity index (χ4n) is 2.52. The number of rotatable bonds is 8. The summed E-state index contributed by atoms with van der Waals surface area (Å²) in [7, 11) is 0. The van der Waals surface area contributed by atoms with Crippen molar-refractivity contribution in [2.24, 2.45) is 5.92 Å². The standard InChI is InChI=1S/C20H22FNO4/c1-13-6-5-7-15(10-13)11-16(20(24)25)12-22-19(23)14(2)26-18-9-4-3-8-17(18)21/h3-10,14,16H,11-12H2,1-2H3,(H,22,23)(H,24,25). The Hall–Kier alpha value is -2.89. The van der Waals surface area contributed by atoms with Gasteiger partial charge in [-0.15, -0.1) is 0 Å². The predicted octanol–water partition coefficient (Wildman–Crippen LogP) is 2.96. The maximum Gasteiger partial charge on any atom is 0.308 e. The number of para-hydroxylation sites is 1. The molecule has 1 amide bonds. The van der Waals surface area contributed by atoms with E-state index >= 15 is 0 Å². The number of amides is 1. The molecule has 0 radical (unpaired) electrons. The zero-order valence-corrected chi connectivity index (χ0v) is 14.7. The molecule has 2 aromatic carbocycles. The van der Waals surface area contributed by atoms with Crippen LogP contribution in [0.4, 0.5) is 4.39 Å². The SMILES string of the molecule is Cc1cccc(CC(CNC(=O)C(C)Oc2ccccc2F)C(=O)O)c1. The molecule has 0 aromatic heterocycles. The third kappa shape index (κ3) is 5.58.